The molecule has 4 heteroatoms. The standard InChI is InChI=1S/C13H17O3P/c14-17-15-10-13(8-4-5-9-13)12(16-17)11-6-2-1-3-7-11/h1-3,6-7,12,14H,4-5,8-10H2. The summed E-state index contributed by atoms with van der Waals surface area (Å²) in [5.74, 6) is 0. The van der Waals surface area contributed by atoms with Crippen molar-refractivity contribution in [3.8, 4) is 0 Å². The molecule has 0 amide bonds. The predicted molar refractivity (Wildman–Crippen MR) is 66.3 cm³/mol. The van der Waals surface area contributed by atoms with Crippen LogP contribution in [-0.2, 0) is 9.05 Å². The number of rotatable bonds is 1. The first-order valence-electron chi connectivity index (χ1n) is 6.14. The Kier molecular flexibility index (Phi) is 3.18. The van der Waals surface area contributed by atoms with Gasteiger partial charge in [-0.1, -0.05) is 43.2 Å². The molecule has 3 rings (SSSR count). The van der Waals surface area contributed by atoms with E-state index in [1.807, 2.05) is 18.2 Å². The average molecular weight is 252 g/mol. The van der Waals surface area contributed by atoms with Crippen LogP contribution in [0.2, 0.25) is 0 Å². The van der Waals surface area contributed by atoms with Crippen LogP contribution in [0.3, 0.4) is 0 Å². The van der Waals surface area contributed by atoms with E-state index in [1.165, 1.54) is 18.4 Å². The van der Waals surface area contributed by atoms with Gasteiger partial charge in [0.1, 0.15) is 0 Å². The van der Waals surface area contributed by atoms with Crippen LogP contribution in [0, 0.1) is 5.41 Å². The van der Waals surface area contributed by atoms with Crippen molar-refractivity contribution in [1.82, 2.24) is 0 Å². The van der Waals surface area contributed by atoms with Crippen LogP contribution in [0.4, 0.5) is 0 Å². The van der Waals surface area contributed by atoms with Crippen LogP contribution in [0.25, 0.3) is 0 Å². The van der Waals surface area contributed by atoms with Crippen LogP contribution < -0.4 is 0 Å². The van der Waals surface area contributed by atoms with Crippen molar-refractivity contribution in [2.75, 3.05) is 6.61 Å². The molecule has 92 valence electrons. The van der Waals surface area contributed by atoms with Crippen LogP contribution in [0.1, 0.15) is 37.4 Å². The van der Waals surface area contributed by atoms with Crippen molar-refractivity contribution in [3.63, 3.8) is 0 Å². The van der Waals surface area contributed by atoms with Crippen LogP contribution in [0.15, 0.2) is 30.3 Å². The zero-order valence-electron chi connectivity index (χ0n) is 9.71. The van der Waals surface area contributed by atoms with E-state index in [9.17, 15) is 4.89 Å². The summed E-state index contributed by atoms with van der Waals surface area (Å²) >= 11 is 0. The lowest BCUT2D eigenvalue weighted by molar-refractivity contribution is -0.0459. The molecule has 1 saturated carbocycles. The molecule has 1 saturated heterocycles. The Bertz CT molecular complexity index is 376. The molecular weight excluding hydrogens is 235 g/mol. The second-order valence-electron chi connectivity index (χ2n) is 4.98. The molecule has 0 aromatic heterocycles. The van der Waals surface area contributed by atoms with Crippen LogP contribution >= 0.6 is 8.60 Å². The first-order chi connectivity index (χ1) is 8.30. The SMILES string of the molecule is OP1OCC2(CCCC2)C(c2ccccc2)O1. The summed E-state index contributed by atoms with van der Waals surface area (Å²) in [4.78, 5) is 9.60. The molecule has 0 bridgehead atoms. The molecule has 1 heterocycles. The summed E-state index contributed by atoms with van der Waals surface area (Å²) in [5.41, 5.74) is 1.25. The Morgan fingerprint density at radius 2 is 1.88 bits per heavy atom. The quantitative estimate of drug-likeness (QED) is 0.777. The van der Waals surface area contributed by atoms with E-state index < -0.39 is 8.60 Å². The molecule has 1 aromatic rings. The lowest BCUT2D eigenvalue weighted by Crippen LogP contribution is -2.35. The second-order valence-corrected chi connectivity index (χ2v) is 5.92. The summed E-state index contributed by atoms with van der Waals surface area (Å²) < 4.78 is 11.1. The minimum absolute atomic E-state index is 0.00365. The van der Waals surface area contributed by atoms with Crippen molar-refractivity contribution in [3.05, 3.63) is 35.9 Å². The fraction of sp³-hybridized carbons (Fsp3) is 0.538. The third-order valence-corrected chi connectivity index (χ3v) is 4.66. The van der Waals surface area contributed by atoms with Crippen molar-refractivity contribution in [2.45, 2.75) is 31.8 Å². The van der Waals surface area contributed by atoms with Gasteiger partial charge in [0.25, 0.3) is 0 Å². The van der Waals surface area contributed by atoms with Crippen LogP contribution in [-0.4, -0.2) is 11.5 Å². The maximum absolute atomic E-state index is 9.60. The lowest BCUT2D eigenvalue weighted by atomic mass is 9.78. The van der Waals surface area contributed by atoms with Gasteiger partial charge in [0.2, 0.25) is 0 Å². The van der Waals surface area contributed by atoms with Crippen molar-refractivity contribution < 1.29 is 13.9 Å². The van der Waals surface area contributed by atoms with Gasteiger partial charge in [-0.3, -0.25) is 0 Å². The molecule has 2 atom stereocenters. The van der Waals surface area contributed by atoms with Crippen molar-refractivity contribution in [2.24, 2.45) is 5.41 Å². The van der Waals surface area contributed by atoms with Gasteiger partial charge in [-0.05, 0) is 18.4 Å². The second kappa shape index (κ2) is 4.66. The molecule has 3 nitrogen and oxygen atoms in total. The Morgan fingerprint density at radius 1 is 1.18 bits per heavy atom. The maximum atomic E-state index is 9.60. The number of hydrogen-bond acceptors (Lipinski definition) is 3. The maximum Gasteiger partial charge on any atom is 0.330 e. The largest absolute Gasteiger partial charge is 0.330 e. The fourth-order valence-electron chi connectivity index (χ4n) is 3.02. The Balaban J connectivity index is 1.92. The number of hydrogen-bond donors (Lipinski definition) is 1. The molecule has 2 aliphatic rings. The smallest absolute Gasteiger partial charge is 0.328 e. The highest BCUT2D eigenvalue weighted by atomic mass is 31.2. The third kappa shape index (κ3) is 2.13. The molecular formula is C13H17O3P. The molecule has 2 unspecified atom stereocenters. The van der Waals surface area contributed by atoms with Gasteiger partial charge >= 0.3 is 8.60 Å². The van der Waals surface area contributed by atoms with Crippen molar-refractivity contribution in [1.29, 1.82) is 0 Å². The molecule has 1 spiro atoms. The fourth-order valence-corrected chi connectivity index (χ4v) is 3.97. The summed E-state index contributed by atoms with van der Waals surface area (Å²) in [6, 6.07) is 10.2. The van der Waals surface area contributed by atoms with E-state index in [1.54, 1.807) is 0 Å². The molecule has 1 aliphatic carbocycles. The van der Waals surface area contributed by atoms with Gasteiger partial charge in [-0.25, -0.2) is 0 Å². The molecule has 17 heavy (non-hydrogen) atoms. The van der Waals surface area contributed by atoms with Gasteiger partial charge in [0.05, 0.1) is 12.7 Å². The average Bonchev–Trinajstić information content (AvgIpc) is 2.83. The first kappa shape index (κ1) is 11.6. The highest BCUT2D eigenvalue weighted by molar-refractivity contribution is 7.40. The Labute approximate surface area is 103 Å². The Hall–Kier alpha value is -0.470. The van der Waals surface area contributed by atoms with E-state index in [2.05, 4.69) is 12.1 Å². The topological polar surface area (TPSA) is 38.7 Å². The highest BCUT2D eigenvalue weighted by Gasteiger charge is 2.48. The van der Waals surface area contributed by atoms with E-state index in [-0.39, 0.29) is 11.5 Å². The predicted octanol–water partition coefficient (Wildman–Crippen LogP) is 3.55. The Morgan fingerprint density at radius 3 is 2.59 bits per heavy atom. The van der Waals surface area contributed by atoms with Gasteiger partial charge in [0, 0.05) is 5.41 Å². The summed E-state index contributed by atoms with van der Waals surface area (Å²) in [7, 11) is -1.70. The van der Waals surface area contributed by atoms with Crippen molar-refractivity contribution >= 4 is 8.60 Å². The van der Waals surface area contributed by atoms with E-state index in [4.69, 9.17) is 9.05 Å². The van der Waals surface area contributed by atoms with E-state index in [0.29, 0.717) is 6.61 Å². The minimum atomic E-state index is -1.70. The van der Waals surface area contributed by atoms with E-state index >= 15 is 0 Å². The molecule has 0 radical (unpaired) electrons. The minimum Gasteiger partial charge on any atom is -0.328 e. The zero-order valence-corrected chi connectivity index (χ0v) is 10.6. The molecule has 1 aromatic carbocycles. The normalized spacial score (nSPS) is 31.8. The molecule has 1 aliphatic heterocycles. The molecule has 2 fully saturated rings. The van der Waals surface area contributed by atoms with Gasteiger partial charge < -0.3 is 13.9 Å². The number of benzene rings is 1. The summed E-state index contributed by atoms with van der Waals surface area (Å²) in [6.45, 7) is 0.634. The lowest BCUT2D eigenvalue weighted by Gasteiger charge is -2.42. The first-order valence-corrected chi connectivity index (χ1v) is 7.27. The van der Waals surface area contributed by atoms with Crippen LogP contribution in [0.5, 0.6) is 0 Å². The summed E-state index contributed by atoms with van der Waals surface area (Å²) in [5, 5.41) is 0. The van der Waals surface area contributed by atoms with Gasteiger partial charge in [-0.2, -0.15) is 0 Å². The third-order valence-electron chi connectivity index (χ3n) is 3.92. The van der Waals surface area contributed by atoms with E-state index in [0.717, 1.165) is 12.8 Å². The zero-order chi connectivity index (χ0) is 11.7. The highest BCUT2D eigenvalue weighted by Crippen LogP contribution is 2.59. The summed E-state index contributed by atoms with van der Waals surface area (Å²) in [6.07, 6.45) is 4.74. The molecule has 1 N–H and O–H groups in total. The van der Waals surface area contributed by atoms with Gasteiger partial charge in [0.15, 0.2) is 0 Å². The monoisotopic (exact) mass is 252 g/mol. The van der Waals surface area contributed by atoms with Gasteiger partial charge in [-0.15, -0.1) is 0 Å².